The second kappa shape index (κ2) is 4.85. The van der Waals surface area contributed by atoms with Gasteiger partial charge >= 0.3 is 0 Å². The largest absolute Gasteiger partial charge is 0.240 e. The van der Waals surface area contributed by atoms with Crippen molar-refractivity contribution in [3.8, 4) is 0 Å². The van der Waals surface area contributed by atoms with Crippen LogP contribution in [0.5, 0.6) is 0 Å². The summed E-state index contributed by atoms with van der Waals surface area (Å²) in [5.74, 6) is 0. The first-order valence-electron chi connectivity index (χ1n) is 4.91. The zero-order valence-corrected chi connectivity index (χ0v) is 14.8. The molecule has 0 radical (unpaired) electrons. The number of hydrogen-bond acceptors (Lipinski definition) is 3. The van der Waals surface area contributed by atoms with E-state index in [-0.39, 0.29) is 5.03 Å². The van der Waals surface area contributed by atoms with Gasteiger partial charge in [0, 0.05) is 5.39 Å². The Hall–Kier alpha value is 0.0200. The van der Waals surface area contributed by atoms with Gasteiger partial charge in [-0.15, -0.1) is 0 Å². The predicted molar refractivity (Wildman–Crippen MR) is 83.2 cm³/mol. The predicted octanol–water partition coefficient (Wildman–Crippen LogP) is 4.11. The minimum atomic E-state index is -3.65. The maximum Gasteiger partial charge on any atom is 0.240 e. The van der Waals surface area contributed by atoms with Gasteiger partial charge in [0.2, 0.25) is 11.3 Å². The van der Waals surface area contributed by atoms with Gasteiger partial charge in [0.05, 0.1) is 5.52 Å². The number of para-hydroxylation sites is 1. The molecule has 1 aromatic carbocycles. The van der Waals surface area contributed by atoms with Crippen molar-refractivity contribution in [2.24, 2.45) is 0 Å². The van der Waals surface area contributed by atoms with Crippen molar-refractivity contribution < 1.29 is 8.42 Å². The first kappa shape index (κ1) is 14.4. The molecule has 96 valence electrons. The summed E-state index contributed by atoms with van der Waals surface area (Å²) in [5.41, 5.74) is 1.53. The van der Waals surface area contributed by atoms with Crippen LogP contribution in [-0.2, 0) is 9.84 Å². The van der Waals surface area contributed by atoms with Crippen LogP contribution in [0.3, 0.4) is 0 Å². The molecule has 0 saturated heterocycles. The van der Waals surface area contributed by atoms with Gasteiger partial charge in [0.15, 0.2) is 5.03 Å². The van der Waals surface area contributed by atoms with E-state index >= 15 is 0 Å². The summed E-state index contributed by atoms with van der Waals surface area (Å²) >= 11 is 9.09. The number of aromatic nitrogens is 1. The number of aryl methyl sites for hydroxylation is 1. The number of rotatable bonds is 1. The number of fused-ring (bicyclic) bond motifs is 1. The lowest BCUT2D eigenvalue weighted by Crippen LogP contribution is -2.19. The second-order valence-electron chi connectivity index (χ2n) is 3.74. The maximum atomic E-state index is 12.2. The molecule has 18 heavy (non-hydrogen) atoms. The molecule has 0 aliphatic heterocycles. The quantitative estimate of drug-likeness (QED) is 0.605. The summed E-state index contributed by atoms with van der Waals surface area (Å²) in [6.07, 6.45) is 0. The lowest BCUT2D eigenvalue weighted by molar-refractivity contribution is 0.595. The summed E-state index contributed by atoms with van der Waals surface area (Å²) in [7, 11) is -3.65. The summed E-state index contributed by atoms with van der Waals surface area (Å²) < 4.78 is 23.1. The van der Waals surface area contributed by atoms with Crippen molar-refractivity contribution in [1.29, 1.82) is 0 Å². The van der Waals surface area contributed by atoms with Crippen LogP contribution in [0.15, 0.2) is 35.4 Å². The number of nitrogens with zero attached hydrogens (tertiary/aromatic N) is 1. The van der Waals surface area contributed by atoms with Crippen LogP contribution in [0.25, 0.3) is 10.9 Å². The first-order chi connectivity index (χ1) is 8.23. The zero-order valence-electron chi connectivity index (χ0n) is 9.19. The van der Waals surface area contributed by atoms with Gasteiger partial charge in [-0.3, -0.25) is 0 Å². The fraction of sp³-hybridized carbons (Fsp3) is 0.182. The molecule has 0 aliphatic carbocycles. The Balaban J connectivity index is 2.76. The molecule has 2 rings (SSSR count). The second-order valence-corrected chi connectivity index (χ2v) is 14.1. The number of pyridine rings is 1. The Morgan fingerprint density at radius 3 is 2.39 bits per heavy atom. The van der Waals surface area contributed by atoms with Crippen LogP contribution in [0, 0.1) is 6.92 Å². The molecule has 7 heteroatoms. The van der Waals surface area contributed by atoms with E-state index in [0.29, 0.717) is 5.52 Å². The Bertz CT molecular complexity index is 708. The topological polar surface area (TPSA) is 47.0 Å². The van der Waals surface area contributed by atoms with Gasteiger partial charge in [0.1, 0.15) is 0 Å². The third-order valence-corrected chi connectivity index (χ3v) is 7.68. The molecule has 0 bridgehead atoms. The molecule has 1 heterocycles. The van der Waals surface area contributed by atoms with Gasteiger partial charge in [-0.05, 0) is 72.4 Å². The van der Waals surface area contributed by atoms with Crippen molar-refractivity contribution >= 4 is 68.5 Å². The van der Waals surface area contributed by atoms with Crippen LogP contribution < -0.4 is 0 Å². The van der Waals surface area contributed by atoms with Crippen LogP contribution in [0.2, 0.25) is 0 Å². The number of halogens is 3. The van der Waals surface area contributed by atoms with Gasteiger partial charge < -0.3 is 0 Å². The lowest BCUT2D eigenvalue weighted by atomic mass is 10.1. The van der Waals surface area contributed by atoms with Crippen molar-refractivity contribution in [3.05, 3.63) is 35.9 Å². The standard InChI is InChI=1S/C11H8Br3NO2S/c1-7-6-10(18(16,17)11(12,13)14)15-9-5-3-2-4-8(7)9/h2-6H,1H3. The minimum Gasteiger partial charge on any atom is -0.236 e. The number of alkyl halides is 3. The third-order valence-electron chi connectivity index (χ3n) is 2.48. The van der Waals surface area contributed by atoms with Crippen molar-refractivity contribution in [3.63, 3.8) is 0 Å². The average molecular weight is 458 g/mol. The zero-order chi connectivity index (χ0) is 13.6. The van der Waals surface area contributed by atoms with Crippen molar-refractivity contribution in [2.75, 3.05) is 0 Å². The SMILES string of the molecule is Cc1cc(S(=O)(=O)C(Br)(Br)Br)nc2ccccc12. The van der Waals surface area contributed by atoms with Crippen LogP contribution in [0.1, 0.15) is 5.56 Å². The van der Waals surface area contributed by atoms with Gasteiger partial charge in [-0.1, -0.05) is 18.2 Å². The molecule has 0 fully saturated rings. The van der Waals surface area contributed by atoms with Crippen LogP contribution in [0.4, 0.5) is 0 Å². The first-order valence-corrected chi connectivity index (χ1v) is 8.77. The Labute approximate surface area is 130 Å². The van der Waals surface area contributed by atoms with E-state index in [1.807, 2.05) is 25.1 Å². The minimum absolute atomic E-state index is 0.0179. The van der Waals surface area contributed by atoms with Gasteiger partial charge in [-0.2, -0.15) is 0 Å². The Kier molecular flexibility index (Phi) is 3.89. The normalized spacial score (nSPS) is 12.9. The molecular formula is C11H8Br3NO2S. The van der Waals surface area contributed by atoms with E-state index in [1.165, 1.54) is 0 Å². The summed E-state index contributed by atoms with van der Waals surface area (Å²) in [6.45, 7) is 1.86. The molecule has 0 atom stereocenters. The summed E-state index contributed by atoms with van der Waals surface area (Å²) in [6, 6.07) is 9.00. The third kappa shape index (κ3) is 2.50. The van der Waals surface area contributed by atoms with Crippen LogP contribution in [-0.4, -0.2) is 14.9 Å². The van der Waals surface area contributed by atoms with E-state index in [9.17, 15) is 8.42 Å². The highest BCUT2D eigenvalue weighted by Gasteiger charge is 2.38. The summed E-state index contributed by atoms with van der Waals surface area (Å²) in [4.78, 5) is 4.20. The molecule has 0 unspecified atom stereocenters. The highest BCUT2D eigenvalue weighted by Crippen LogP contribution is 2.43. The number of benzene rings is 1. The van der Waals surface area contributed by atoms with Gasteiger partial charge in [0.25, 0.3) is 0 Å². The van der Waals surface area contributed by atoms with E-state index < -0.39 is 11.3 Å². The molecule has 0 spiro atoms. The lowest BCUT2D eigenvalue weighted by Gasteiger charge is -2.14. The van der Waals surface area contributed by atoms with E-state index in [2.05, 4.69) is 52.8 Å². The van der Waals surface area contributed by atoms with E-state index in [0.717, 1.165) is 10.9 Å². The van der Waals surface area contributed by atoms with Crippen LogP contribution >= 0.6 is 47.8 Å². The molecule has 0 N–H and O–H groups in total. The Morgan fingerprint density at radius 1 is 1.17 bits per heavy atom. The monoisotopic (exact) mass is 455 g/mol. The maximum absolute atomic E-state index is 12.2. The molecule has 0 aliphatic rings. The average Bonchev–Trinajstić information content (AvgIpc) is 2.27. The Morgan fingerprint density at radius 2 is 1.78 bits per heavy atom. The molecule has 0 saturated carbocycles. The van der Waals surface area contributed by atoms with Crippen molar-refractivity contribution in [1.82, 2.24) is 4.98 Å². The fourth-order valence-electron chi connectivity index (χ4n) is 1.57. The molecular weight excluding hydrogens is 450 g/mol. The number of hydrogen-bond donors (Lipinski definition) is 0. The van der Waals surface area contributed by atoms with Gasteiger partial charge in [-0.25, -0.2) is 13.4 Å². The molecule has 0 amide bonds. The fourth-order valence-corrected chi connectivity index (χ4v) is 3.85. The summed E-state index contributed by atoms with van der Waals surface area (Å²) in [5, 5.41) is 0.963. The van der Waals surface area contributed by atoms with Crippen molar-refractivity contribution in [2.45, 2.75) is 13.4 Å². The highest BCUT2D eigenvalue weighted by molar-refractivity contribution is 9.42. The highest BCUT2D eigenvalue weighted by atomic mass is 80.0. The molecule has 2 aromatic rings. The smallest absolute Gasteiger partial charge is 0.236 e. The number of sulfone groups is 1. The molecule has 1 aromatic heterocycles. The van der Waals surface area contributed by atoms with E-state index in [4.69, 9.17) is 0 Å². The van der Waals surface area contributed by atoms with E-state index in [1.54, 1.807) is 12.1 Å². The molecule has 3 nitrogen and oxygen atoms in total.